The number of piperidine rings is 1. The lowest BCUT2D eigenvalue weighted by Gasteiger charge is -2.74. The molecule has 1 N–H and O–H groups in total. The Morgan fingerprint density at radius 3 is 2.60 bits per heavy atom. The van der Waals surface area contributed by atoms with E-state index in [0.717, 1.165) is 67.5 Å². The van der Waals surface area contributed by atoms with Gasteiger partial charge in [0.1, 0.15) is 17.5 Å². The van der Waals surface area contributed by atoms with Crippen LogP contribution in [-0.2, 0) is 16.6 Å². The second kappa shape index (κ2) is 9.73. The third-order valence-electron chi connectivity index (χ3n) is 12.8. The summed E-state index contributed by atoms with van der Waals surface area (Å²) < 4.78 is 25.2. The van der Waals surface area contributed by atoms with Crippen LogP contribution in [0.15, 0.2) is 60.7 Å². The van der Waals surface area contributed by atoms with Gasteiger partial charge in [-0.15, -0.1) is 0 Å². The molecule has 7 nitrogen and oxygen atoms in total. The monoisotopic (exact) mass is 606 g/mol. The molecule has 4 bridgehead atoms. The van der Waals surface area contributed by atoms with E-state index in [1.165, 1.54) is 36.1 Å². The molecule has 10 rings (SSSR count). The summed E-state index contributed by atoms with van der Waals surface area (Å²) in [6, 6.07) is 20.6. The molecule has 0 radical (unpaired) electrons. The molecule has 7 aliphatic rings. The van der Waals surface area contributed by atoms with Crippen LogP contribution in [0.4, 0.5) is 5.69 Å². The molecule has 3 aromatic rings. The number of rotatable bonds is 8. The van der Waals surface area contributed by atoms with Crippen LogP contribution in [0, 0.1) is 11.3 Å². The third kappa shape index (κ3) is 3.62. The molecule has 234 valence electrons. The van der Waals surface area contributed by atoms with E-state index in [-0.39, 0.29) is 28.8 Å². The standard InChI is InChI=1S/C38H42N2O5/c1-42-28-12-9-24(10-13-28)34(41)39-27-6-4-5-25(19-27)29-21-36-15-16-38(29,44-3)35-37(36)17-18-40(22-23-7-8-23)31(36)20-26-11-14-30(43-2)33(45-35)32(26)37/h4-6,9-14,19,23,29,31,35H,7-8,15-18,20-22H2,1-3H3,(H,39,41)/t29-,31-,35-,36-,37+,38-/m1/s1. The van der Waals surface area contributed by atoms with E-state index >= 15 is 0 Å². The molecule has 4 saturated carbocycles. The average molecular weight is 607 g/mol. The van der Waals surface area contributed by atoms with Crippen molar-refractivity contribution in [1.82, 2.24) is 4.90 Å². The van der Waals surface area contributed by atoms with Crippen LogP contribution in [0.5, 0.6) is 17.2 Å². The maximum Gasteiger partial charge on any atom is 0.255 e. The molecule has 7 heteroatoms. The zero-order valence-electron chi connectivity index (χ0n) is 26.4. The number of amides is 1. The second-order valence-corrected chi connectivity index (χ2v) is 14.4. The van der Waals surface area contributed by atoms with Crippen molar-refractivity contribution in [2.24, 2.45) is 11.3 Å². The number of hydrogen-bond acceptors (Lipinski definition) is 6. The number of fused-ring (bicyclic) bond motifs is 2. The van der Waals surface area contributed by atoms with E-state index in [2.05, 4.69) is 40.5 Å². The van der Waals surface area contributed by atoms with Gasteiger partial charge in [0.2, 0.25) is 0 Å². The highest BCUT2D eigenvalue weighted by atomic mass is 16.6. The first-order chi connectivity index (χ1) is 22.0. The van der Waals surface area contributed by atoms with Gasteiger partial charge in [-0.3, -0.25) is 9.69 Å². The van der Waals surface area contributed by atoms with Gasteiger partial charge in [-0.25, -0.2) is 0 Å². The fourth-order valence-electron chi connectivity index (χ4n) is 10.7. The molecule has 1 amide bonds. The van der Waals surface area contributed by atoms with Crippen molar-refractivity contribution < 1.29 is 23.7 Å². The van der Waals surface area contributed by atoms with E-state index in [0.29, 0.717) is 11.6 Å². The molecule has 1 saturated heterocycles. The lowest BCUT2D eigenvalue weighted by Crippen LogP contribution is -2.80. The Labute approximate surface area is 265 Å². The van der Waals surface area contributed by atoms with Gasteiger partial charge in [0.25, 0.3) is 5.91 Å². The van der Waals surface area contributed by atoms with E-state index in [1.54, 1.807) is 26.4 Å². The second-order valence-electron chi connectivity index (χ2n) is 14.4. The van der Waals surface area contributed by atoms with Gasteiger partial charge in [-0.1, -0.05) is 18.2 Å². The van der Waals surface area contributed by atoms with Crippen molar-refractivity contribution in [1.29, 1.82) is 0 Å². The number of anilines is 1. The molecule has 5 aliphatic carbocycles. The number of nitrogens with zero attached hydrogens (tertiary/aromatic N) is 1. The minimum Gasteiger partial charge on any atom is -0.497 e. The summed E-state index contributed by atoms with van der Waals surface area (Å²) in [6.45, 7) is 2.34. The van der Waals surface area contributed by atoms with Gasteiger partial charge in [-0.05, 0) is 111 Å². The van der Waals surface area contributed by atoms with Crippen LogP contribution in [0.1, 0.15) is 71.5 Å². The first kappa shape index (κ1) is 27.7. The van der Waals surface area contributed by atoms with Crippen LogP contribution < -0.4 is 19.5 Å². The summed E-state index contributed by atoms with van der Waals surface area (Å²) in [5, 5.41) is 3.16. The summed E-state index contributed by atoms with van der Waals surface area (Å²) in [5.41, 5.74) is 5.00. The van der Waals surface area contributed by atoms with Gasteiger partial charge in [0, 0.05) is 53.3 Å². The van der Waals surface area contributed by atoms with Crippen molar-refractivity contribution in [3.63, 3.8) is 0 Å². The minimum absolute atomic E-state index is 0.0832. The highest BCUT2D eigenvalue weighted by Gasteiger charge is 2.80. The summed E-state index contributed by atoms with van der Waals surface area (Å²) in [4.78, 5) is 16.1. The number of carbonyl (C=O) groups is 1. The van der Waals surface area contributed by atoms with E-state index in [1.807, 2.05) is 25.3 Å². The van der Waals surface area contributed by atoms with Gasteiger partial charge < -0.3 is 24.3 Å². The maximum atomic E-state index is 13.2. The molecular weight excluding hydrogens is 564 g/mol. The average Bonchev–Trinajstić information content (AvgIpc) is 3.82. The lowest BCUT2D eigenvalue weighted by atomic mass is 9.34. The Kier molecular flexibility index (Phi) is 5.99. The number of ether oxygens (including phenoxy) is 4. The van der Waals surface area contributed by atoms with Crippen LogP contribution in [0.2, 0.25) is 0 Å². The predicted octanol–water partition coefficient (Wildman–Crippen LogP) is 6.35. The van der Waals surface area contributed by atoms with Crippen LogP contribution in [0.3, 0.4) is 0 Å². The molecule has 3 aromatic carbocycles. The zero-order valence-corrected chi connectivity index (χ0v) is 26.4. The fourth-order valence-corrected chi connectivity index (χ4v) is 10.7. The molecule has 0 aromatic heterocycles. The highest BCUT2D eigenvalue weighted by Crippen LogP contribution is 2.78. The van der Waals surface area contributed by atoms with Crippen molar-refractivity contribution >= 4 is 11.6 Å². The normalized spacial score (nSPS) is 33.7. The number of nitrogens with one attached hydrogen (secondary N) is 1. The molecule has 2 spiro atoms. The van der Waals surface area contributed by atoms with Crippen molar-refractivity contribution in [3.05, 3.63) is 82.9 Å². The largest absolute Gasteiger partial charge is 0.497 e. The molecule has 6 atom stereocenters. The summed E-state index contributed by atoms with van der Waals surface area (Å²) in [6.07, 6.45) is 7.99. The van der Waals surface area contributed by atoms with Crippen LogP contribution in [-0.4, -0.2) is 63.0 Å². The van der Waals surface area contributed by atoms with Crippen LogP contribution >= 0.6 is 0 Å². The molecular formula is C38H42N2O5. The summed E-state index contributed by atoms with van der Waals surface area (Å²) in [5.74, 6) is 3.39. The van der Waals surface area contributed by atoms with E-state index < -0.39 is 5.60 Å². The molecule has 2 aliphatic heterocycles. The lowest BCUT2D eigenvalue weighted by molar-refractivity contribution is -0.261. The number of likely N-dealkylation sites (tertiary alicyclic amines) is 1. The Balaban J connectivity index is 1.13. The first-order valence-electron chi connectivity index (χ1n) is 16.7. The quantitative estimate of drug-likeness (QED) is 0.323. The third-order valence-corrected chi connectivity index (χ3v) is 12.8. The predicted molar refractivity (Wildman–Crippen MR) is 172 cm³/mol. The van der Waals surface area contributed by atoms with Crippen LogP contribution in [0.25, 0.3) is 0 Å². The number of hydrogen-bond donors (Lipinski definition) is 1. The number of methoxy groups -OCH3 is 3. The Hall–Kier alpha value is -3.55. The number of carbonyl (C=O) groups excluding carboxylic acids is 1. The van der Waals surface area contributed by atoms with Gasteiger partial charge in [0.15, 0.2) is 11.5 Å². The maximum absolute atomic E-state index is 13.2. The number of benzene rings is 3. The Morgan fingerprint density at radius 1 is 1.00 bits per heavy atom. The van der Waals surface area contributed by atoms with E-state index in [4.69, 9.17) is 18.9 Å². The van der Waals surface area contributed by atoms with Crippen molar-refractivity contribution in [3.8, 4) is 17.2 Å². The summed E-state index contributed by atoms with van der Waals surface area (Å²) in [7, 11) is 5.28. The SMILES string of the molecule is COc1ccc(C(=O)Nc2cccc([C@H]3C[C@@]45CC[C@]3(OC)[C@@H]3Oc6c(OC)ccc7c6[C@@]34CCN(CC3CC3)[C@@H]5C7)c2)cc1. The van der Waals surface area contributed by atoms with Crippen molar-refractivity contribution in [2.45, 2.75) is 74.0 Å². The highest BCUT2D eigenvalue weighted by molar-refractivity contribution is 6.04. The molecule has 45 heavy (non-hydrogen) atoms. The minimum atomic E-state index is -0.484. The smallest absolute Gasteiger partial charge is 0.255 e. The van der Waals surface area contributed by atoms with Gasteiger partial charge in [0.05, 0.1) is 14.2 Å². The molecule has 5 fully saturated rings. The fraction of sp³-hybridized carbons (Fsp3) is 0.500. The topological polar surface area (TPSA) is 69.3 Å². The Bertz CT molecular complexity index is 1690. The van der Waals surface area contributed by atoms with Gasteiger partial charge >= 0.3 is 0 Å². The van der Waals surface area contributed by atoms with Gasteiger partial charge in [-0.2, -0.15) is 0 Å². The zero-order chi connectivity index (χ0) is 30.6. The summed E-state index contributed by atoms with van der Waals surface area (Å²) >= 11 is 0. The molecule has 2 heterocycles. The molecule has 0 unspecified atom stereocenters. The van der Waals surface area contributed by atoms with E-state index in [9.17, 15) is 4.79 Å². The first-order valence-corrected chi connectivity index (χ1v) is 16.7. The Morgan fingerprint density at radius 2 is 1.84 bits per heavy atom. The van der Waals surface area contributed by atoms with Crippen molar-refractivity contribution in [2.75, 3.05) is 39.7 Å².